The molecule has 0 saturated carbocycles. The van der Waals surface area contributed by atoms with Crippen LogP contribution in [0.1, 0.15) is 40.5 Å². The van der Waals surface area contributed by atoms with Crippen molar-refractivity contribution < 1.29 is 13.2 Å². The van der Waals surface area contributed by atoms with Gasteiger partial charge in [-0.15, -0.1) is 0 Å². The molecule has 0 spiro atoms. The van der Waals surface area contributed by atoms with E-state index in [-0.39, 0.29) is 11.6 Å². The molecular weight excluding hydrogens is 226 g/mol. The van der Waals surface area contributed by atoms with E-state index in [4.69, 9.17) is 10.5 Å². The Balaban J connectivity index is 4.55. The Kier molecular flexibility index (Phi) is 4.98. The molecule has 0 rings (SSSR count). The zero-order valence-corrected chi connectivity index (χ0v) is 12.0. The van der Waals surface area contributed by atoms with Crippen molar-refractivity contribution >= 4 is 9.84 Å². The quantitative estimate of drug-likeness (QED) is 0.773. The molecule has 1 unspecified atom stereocenters. The highest BCUT2D eigenvalue weighted by atomic mass is 32.2. The van der Waals surface area contributed by atoms with Crippen LogP contribution in [-0.4, -0.2) is 38.2 Å². The van der Waals surface area contributed by atoms with Crippen LogP contribution in [0, 0.1) is 0 Å². The molecule has 0 amide bonds. The van der Waals surface area contributed by atoms with Crippen LogP contribution in [0.15, 0.2) is 0 Å². The molecule has 0 saturated heterocycles. The van der Waals surface area contributed by atoms with Crippen molar-refractivity contribution in [2.24, 2.45) is 5.73 Å². The fraction of sp³-hybridized carbons (Fsp3) is 1.00. The summed E-state index contributed by atoms with van der Waals surface area (Å²) in [5.41, 5.74) is 5.71. The molecule has 5 heteroatoms. The second kappa shape index (κ2) is 5.02. The summed E-state index contributed by atoms with van der Waals surface area (Å²) in [5, 5.41) is 0. The zero-order valence-electron chi connectivity index (χ0n) is 11.2. The van der Waals surface area contributed by atoms with Gasteiger partial charge in [0.05, 0.1) is 10.3 Å². The van der Waals surface area contributed by atoms with Crippen molar-refractivity contribution in [3.05, 3.63) is 0 Å². The predicted octanol–water partition coefficient (Wildman–Crippen LogP) is 1.34. The van der Waals surface area contributed by atoms with E-state index in [0.717, 1.165) is 6.42 Å². The van der Waals surface area contributed by atoms with Gasteiger partial charge in [0.2, 0.25) is 0 Å². The fourth-order valence-electron chi connectivity index (χ4n) is 1.23. The van der Waals surface area contributed by atoms with E-state index in [0.29, 0.717) is 6.42 Å². The normalized spacial score (nSPS) is 16.2. The Labute approximate surface area is 99.5 Å². The van der Waals surface area contributed by atoms with Gasteiger partial charge in [-0.25, -0.2) is 8.42 Å². The van der Waals surface area contributed by atoms with Gasteiger partial charge in [-0.05, 0) is 40.5 Å². The Morgan fingerprint density at radius 3 is 2.00 bits per heavy atom. The summed E-state index contributed by atoms with van der Waals surface area (Å²) in [6.45, 7) is 7.28. The van der Waals surface area contributed by atoms with Crippen molar-refractivity contribution in [3.63, 3.8) is 0 Å². The van der Waals surface area contributed by atoms with Crippen LogP contribution in [0.25, 0.3) is 0 Å². The first-order chi connectivity index (χ1) is 6.94. The first-order valence-corrected chi connectivity index (χ1v) is 7.33. The lowest BCUT2D eigenvalue weighted by Gasteiger charge is -2.32. The molecule has 0 radical (unpaired) electrons. The minimum absolute atomic E-state index is 0.259. The van der Waals surface area contributed by atoms with Gasteiger partial charge < -0.3 is 10.5 Å². The fourth-order valence-corrected chi connectivity index (χ4v) is 1.90. The smallest absolute Gasteiger partial charge is 0.154 e. The van der Waals surface area contributed by atoms with Crippen molar-refractivity contribution in [3.8, 4) is 0 Å². The van der Waals surface area contributed by atoms with Crippen LogP contribution in [0.2, 0.25) is 0 Å². The molecule has 2 N–H and O–H groups in total. The molecule has 0 heterocycles. The average Bonchev–Trinajstić information content (AvgIpc) is 2.12. The minimum Gasteiger partial charge on any atom is -0.379 e. The highest BCUT2D eigenvalue weighted by Gasteiger charge is 2.37. The first kappa shape index (κ1) is 15.9. The summed E-state index contributed by atoms with van der Waals surface area (Å²) < 4.78 is 27.5. The highest BCUT2D eigenvalue weighted by Crippen LogP contribution is 2.25. The first-order valence-electron chi connectivity index (χ1n) is 5.44. The third kappa shape index (κ3) is 4.03. The second-order valence-electron chi connectivity index (χ2n) is 5.48. The Morgan fingerprint density at radius 1 is 1.25 bits per heavy atom. The summed E-state index contributed by atoms with van der Waals surface area (Å²) in [5.74, 6) is 0. The summed E-state index contributed by atoms with van der Waals surface area (Å²) >= 11 is 0. The number of rotatable bonds is 6. The SMILES string of the molecule is COC(C)(C)CCC(N)C(C)(C)S(C)(=O)=O. The molecule has 98 valence electrons. The molecule has 0 aliphatic rings. The maximum atomic E-state index is 11.6. The molecule has 0 aromatic carbocycles. The Hall–Kier alpha value is -0.130. The summed E-state index contributed by atoms with van der Waals surface area (Å²) in [4.78, 5) is 0. The molecule has 0 bridgehead atoms. The lowest BCUT2D eigenvalue weighted by atomic mass is 9.93. The number of hydrogen-bond donors (Lipinski definition) is 1. The maximum Gasteiger partial charge on any atom is 0.154 e. The van der Waals surface area contributed by atoms with E-state index >= 15 is 0 Å². The molecule has 4 nitrogen and oxygen atoms in total. The van der Waals surface area contributed by atoms with Crippen LogP contribution in [0.4, 0.5) is 0 Å². The summed E-state index contributed by atoms with van der Waals surface area (Å²) in [7, 11) is -1.50. The van der Waals surface area contributed by atoms with Crippen molar-refractivity contribution in [1.82, 2.24) is 0 Å². The van der Waals surface area contributed by atoms with Crippen LogP contribution >= 0.6 is 0 Å². The molecule has 1 atom stereocenters. The van der Waals surface area contributed by atoms with Gasteiger partial charge in [-0.3, -0.25) is 0 Å². The standard InChI is InChI=1S/C11H25NO3S/c1-10(2,15-5)8-7-9(12)11(3,4)16(6,13)14/h9H,7-8,12H2,1-6H3. The van der Waals surface area contributed by atoms with Crippen molar-refractivity contribution in [2.45, 2.75) is 56.9 Å². The number of hydrogen-bond acceptors (Lipinski definition) is 4. The molecule has 16 heavy (non-hydrogen) atoms. The predicted molar refractivity (Wildman–Crippen MR) is 67.2 cm³/mol. The van der Waals surface area contributed by atoms with Gasteiger partial charge in [0.25, 0.3) is 0 Å². The van der Waals surface area contributed by atoms with E-state index in [9.17, 15) is 8.42 Å². The third-order valence-corrected chi connectivity index (χ3v) is 5.67. The van der Waals surface area contributed by atoms with E-state index in [1.54, 1.807) is 21.0 Å². The summed E-state index contributed by atoms with van der Waals surface area (Å²) in [6, 6.07) is -0.378. The topological polar surface area (TPSA) is 69.4 Å². The van der Waals surface area contributed by atoms with Crippen molar-refractivity contribution in [1.29, 1.82) is 0 Å². The monoisotopic (exact) mass is 251 g/mol. The van der Waals surface area contributed by atoms with Crippen LogP contribution < -0.4 is 5.73 Å². The van der Waals surface area contributed by atoms with E-state index in [1.807, 2.05) is 13.8 Å². The maximum absolute atomic E-state index is 11.6. The minimum atomic E-state index is -3.14. The highest BCUT2D eigenvalue weighted by molar-refractivity contribution is 7.92. The largest absolute Gasteiger partial charge is 0.379 e. The van der Waals surface area contributed by atoms with Crippen LogP contribution in [0.5, 0.6) is 0 Å². The number of nitrogens with two attached hydrogens (primary N) is 1. The van der Waals surface area contributed by atoms with Gasteiger partial charge >= 0.3 is 0 Å². The van der Waals surface area contributed by atoms with Gasteiger partial charge in [0, 0.05) is 19.4 Å². The van der Waals surface area contributed by atoms with Gasteiger partial charge in [0.1, 0.15) is 0 Å². The number of sulfone groups is 1. The van der Waals surface area contributed by atoms with E-state index in [1.165, 1.54) is 6.26 Å². The molecule has 0 aromatic rings. The van der Waals surface area contributed by atoms with Crippen LogP contribution in [-0.2, 0) is 14.6 Å². The molecule has 0 aliphatic heterocycles. The Bertz CT molecular complexity index is 320. The van der Waals surface area contributed by atoms with Gasteiger partial charge in [-0.1, -0.05) is 0 Å². The van der Waals surface area contributed by atoms with Gasteiger partial charge in [-0.2, -0.15) is 0 Å². The number of ether oxygens (including phenoxy) is 1. The third-order valence-electron chi connectivity index (χ3n) is 3.46. The van der Waals surface area contributed by atoms with Gasteiger partial charge in [0.15, 0.2) is 9.84 Å². The lowest BCUT2D eigenvalue weighted by molar-refractivity contribution is 0.0119. The van der Waals surface area contributed by atoms with E-state index in [2.05, 4.69) is 0 Å². The van der Waals surface area contributed by atoms with Crippen LogP contribution in [0.3, 0.4) is 0 Å². The average molecular weight is 251 g/mol. The number of methoxy groups -OCH3 is 1. The zero-order chi connectivity index (χ0) is 13.2. The molecule has 0 aromatic heterocycles. The molecule has 0 fully saturated rings. The second-order valence-corrected chi connectivity index (χ2v) is 8.08. The lowest BCUT2D eigenvalue weighted by Crippen LogP contribution is -2.49. The summed E-state index contributed by atoms with van der Waals surface area (Å²) in [6.07, 6.45) is 2.60. The Morgan fingerprint density at radius 2 is 1.69 bits per heavy atom. The van der Waals surface area contributed by atoms with E-state index < -0.39 is 14.6 Å². The van der Waals surface area contributed by atoms with Crippen molar-refractivity contribution in [2.75, 3.05) is 13.4 Å². The molecular formula is C11H25NO3S. The molecule has 0 aliphatic carbocycles.